The Labute approximate surface area is 174 Å². The first-order valence-corrected chi connectivity index (χ1v) is 10.9. The second-order valence-electron chi connectivity index (χ2n) is 9.41. The van der Waals surface area contributed by atoms with Crippen LogP contribution in [0.3, 0.4) is 0 Å². The van der Waals surface area contributed by atoms with E-state index in [-0.39, 0.29) is 47.8 Å². The molecule has 1 N–H and O–H groups in total. The number of alkyl halides is 2. The van der Waals surface area contributed by atoms with Gasteiger partial charge < -0.3 is 14.9 Å². The molecule has 160 valence electrons. The number of aliphatic carboxylic acids is 1. The van der Waals surface area contributed by atoms with E-state index in [1.165, 1.54) is 0 Å². The summed E-state index contributed by atoms with van der Waals surface area (Å²) in [5.41, 5.74) is 0.448. The summed E-state index contributed by atoms with van der Waals surface area (Å²) in [5.74, 6) is -2.10. The molecule has 3 saturated heterocycles. The lowest BCUT2D eigenvalue weighted by Gasteiger charge is -2.54. The quantitative estimate of drug-likeness (QED) is 0.809. The Morgan fingerprint density at radius 2 is 2.07 bits per heavy atom. The number of piperidine rings is 2. The van der Waals surface area contributed by atoms with Gasteiger partial charge >= 0.3 is 5.97 Å². The van der Waals surface area contributed by atoms with E-state index in [1.807, 2.05) is 11.8 Å². The molecule has 1 saturated carbocycles. The molecule has 1 aromatic heterocycles. The number of carboxylic acid groups (broad SMARTS) is 1. The van der Waals surface area contributed by atoms with Crippen molar-refractivity contribution in [2.45, 2.75) is 57.4 Å². The number of hydrogen-bond acceptors (Lipinski definition) is 5. The number of aromatic nitrogens is 1. The minimum atomic E-state index is -3.02. The van der Waals surface area contributed by atoms with Gasteiger partial charge in [-0.1, -0.05) is 0 Å². The topological polar surface area (TPSA) is 80.5 Å². The Morgan fingerprint density at radius 3 is 2.63 bits per heavy atom. The van der Waals surface area contributed by atoms with Gasteiger partial charge in [-0.2, -0.15) is 5.26 Å². The lowest BCUT2D eigenvalue weighted by molar-refractivity contribution is -0.141. The van der Waals surface area contributed by atoms with E-state index in [0.717, 1.165) is 19.4 Å². The Kier molecular flexibility index (Phi) is 4.42. The van der Waals surface area contributed by atoms with Crippen LogP contribution in [-0.2, 0) is 17.1 Å². The molecular formula is C22H26F2N4O2. The number of nitrogens with zero attached hydrogens (tertiary/aromatic N) is 4. The average molecular weight is 416 g/mol. The number of nitriles is 1. The fourth-order valence-electron chi connectivity index (χ4n) is 5.95. The van der Waals surface area contributed by atoms with Gasteiger partial charge in [-0.15, -0.1) is 0 Å². The Balaban J connectivity index is 1.57. The third kappa shape index (κ3) is 2.85. The summed E-state index contributed by atoms with van der Waals surface area (Å²) >= 11 is 0. The minimum Gasteiger partial charge on any atom is -0.481 e. The van der Waals surface area contributed by atoms with E-state index in [2.05, 4.69) is 11.0 Å². The molecule has 4 heterocycles. The van der Waals surface area contributed by atoms with Gasteiger partial charge in [0, 0.05) is 49.6 Å². The van der Waals surface area contributed by atoms with Crippen LogP contribution >= 0.6 is 0 Å². The molecule has 6 rings (SSSR count). The summed E-state index contributed by atoms with van der Waals surface area (Å²) in [5, 5.41) is 19.0. The summed E-state index contributed by atoms with van der Waals surface area (Å²) in [6.45, 7) is 4.05. The van der Waals surface area contributed by atoms with Crippen molar-refractivity contribution >= 4 is 17.6 Å². The summed E-state index contributed by atoms with van der Waals surface area (Å²) in [6.07, 6.45) is 2.78. The van der Waals surface area contributed by atoms with Crippen molar-refractivity contribution in [2.24, 2.45) is 17.8 Å². The zero-order valence-electron chi connectivity index (χ0n) is 17.1. The van der Waals surface area contributed by atoms with E-state index < -0.39 is 11.9 Å². The number of anilines is 2. The number of halogens is 2. The van der Waals surface area contributed by atoms with E-state index in [4.69, 9.17) is 4.98 Å². The fourth-order valence-corrected chi connectivity index (χ4v) is 5.95. The minimum absolute atomic E-state index is 0.0379. The zero-order valence-corrected chi connectivity index (χ0v) is 17.1. The highest BCUT2D eigenvalue weighted by Crippen LogP contribution is 2.51. The van der Waals surface area contributed by atoms with E-state index >= 15 is 8.78 Å². The van der Waals surface area contributed by atoms with Crippen molar-refractivity contribution in [1.82, 2.24) is 4.98 Å². The van der Waals surface area contributed by atoms with Crippen molar-refractivity contribution in [1.29, 1.82) is 5.26 Å². The summed E-state index contributed by atoms with van der Waals surface area (Å²) in [4.78, 5) is 20.1. The van der Waals surface area contributed by atoms with E-state index in [9.17, 15) is 15.2 Å². The first-order chi connectivity index (χ1) is 14.3. The smallest absolute Gasteiger partial charge is 0.303 e. The monoisotopic (exact) mass is 416 g/mol. The summed E-state index contributed by atoms with van der Waals surface area (Å²) in [7, 11) is 0. The molecule has 1 unspecified atom stereocenters. The number of rotatable bonds is 4. The van der Waals surface area contributed by atoms with Crippen LogP contribution in [0.15, 0.2) is 0 Å². The summed E-state index contributed by atoms with van der Waals surface area (Å²) in [6, 6.07) is 2.24. The maximum atomic E-state index is 15.1. The first-order valence-electron chi connectivity index (χ1n) is 10.9. The van der Waals surface area contributed by atoms with Crippen molar-refractivity contribution in [3.8, 4) is 6.07 Å². The normalized spacial score (nSPS) is 31.3. The molecular weight excluding hydrogens is 390 g/mol. The van der Waals surface area contributed by atoms with Crippen molar-refractivity contribution in [2.75, 3.05) is 29.4 Å². The number of carbonyl (C=O) groups is 1. The molecule has 3 aliphatic heterocycles. The molecule has 4 fully saturated rings. The highest BCUT2D eigenvalue weighted by molar-refractivity contribution is 5.70. The standard InChI is InChI=1S/C22H26F2N4O2/c1-12-4-6-28(12)21-17(9-25)19-15(3-2-5-22(19,23)24)20(26-21)27-10-13-7-14(11-27)16(13)8-18(29)30/h12-14,16H,2-8,10-11H2,1H3,(H,29,30)/t12-,13-,14+,16?/m0/s1. The lowest BCUT2D eigenvalue weighted by atomic mass is 9.60. The molecule has 5 aliphatic rings. The van der Waals surface area contributed by atoms with Gasteiger partial charge in [-0.25, -0.2) is 13.8 Å². The molecule has 0 radical (unpaired) electrons. The maximum Gasteiger partial charge on any atom is 0.303 e. The van der Waals surface area contributed by atoms with Gasteiger partial charge in [0.2, 0.25) is 0 Å². The Morgan fingerprint density at radius 1 is 1.33 bits per heavy atom. The van der Waals surface area contributed by atoms with Crippen LogP contribution in [0, 0.1) is 29.1 Å². The molecule has 4 atom stereocenters. The molecule has 0 spiro atoms. The van der Waals surface area contributed by atoms with Gasteiger partial charge in [0.05, 0.1) is 0 Å². The highest BCUT2D eigenvalue weighted by atomic mass is 19.3. The van der Waals surface area contributed by atoms with E-state index in [1.54, 1.807) is 0 Å². The van der Waals surface area contributed by atoms with Crippen molar-refractivity contribution in [3.63, 3.8) is 0 Å². The van der Waals surface area contributed by atoms with Crippen LogP contribution in [-0.4, -0.2) is 41.7 Å². The Bertz CT molecular complexity index is 932. The third-order valence-electron chi connectivity index (χ3n) is 7.68. The predicted octanol–water partition coefficient (Wildman–Crippen LogP) is 3.53. The SMILES string of the molecule is C[C@H]1CCN1c1nc(N2C[C@H]3C[C@@H](C2)C3CC(=O)O)c2c(c1C#N)C(F)(F)CCC2. The molecule has 30 heavy (non-hydrogen) atoms. The number of pyridine rings is 1. The van der Waals surface area contributed by atoms with Crippen LogP contribution in [0.25, 0.3) is 0 Å². The van der Waals surface area contributed by atoms with Crippen LogP contribution in [0.5, 0.6) is 0 Å². The largest absolute Gasteiger partial charge is 0.481 e. The van der Waals surface area contributed by atoms with Crippen LogP contribution in [0.2, 0.25) is 0 Å². The van der Waals surface area contributed by atoms with Crippen LogP contribution in [0.1, 0.15) is 55.7 Å². The lowest BCUT2D eigenvalue weighted by Crippen LogP contribution is -2.56. The Hall–Kier alpha value is -2.43. The van der Waals surface area contributed by atoms with E-state index in [0.29, 0.717) is 43.1 Å². The zero-order chi connectivity index (χ0) is 21.2. The maximum absolute atomic E-state index is 15.1. The molecule has 2 aliphatic carbocycles. The summed E-state index contributed by atoms with van der Waals surface area (Å²) < 4.78 is 30.1. The second kappa shape index (κ2) is 6.79. The van der Waals surface area contributed by atoms with Gasteiger partial charge in [-0.05, 0) is 50.4 Å². The van der Waals surface area contributed by atoms with Crippen LogP contribution in [0.4, 0.5) is 20.4 Å². The molecule has 8 heteroatoms. The predicted molar refractivity (Wildman–Crippen MR) is 107 cm³/mol. The fraction of sp³-hybridized carbons (Fsp3) is 0.682. The number of carboxylic acids is 1. The highest BCUT2D eigenvalue weighted by Gasteiger charge is 2.49. The van der Waals surface area contributed by atoms with Gasteiger partial charge in [0.1, 0.15) is 23.3 Å². The number of hydrogen-bond donors (Lipinski definition) is 1. The van der Waals surface area contributed by atoms with Crippen molar-refractivity contribution < 1.29 is 18.7 Å². The van der Waals surface area contributed by atoms with Crippen LogP contribution < -0.4 is 9.80 Å². The third-order valence-corrected chi connectivity index (χ3v) is 7.68. The average Bonchev–Trinajstić information content (AvgIpc) is 2.70. The molecule has 6 nitrogen and oxygen atoms in total. The molecule has 2 bridgehead atoms. The van der Waals surface area contributed by atoms with Gasteiger partial charge in [0.25, 0.3) is 5.92 Å². The second-order valence-corrected chi connectivity index (χ2v) is 9.41. The molecule has 0 aromatic carbocycles. The van der Waals surface area contributed by atoms with Gasteiger partial charge in [-0.3, -0.25) is 4.79 Å². The van der Waals surface area contributed by atoms with Crippen molar-refractivity contribution in [3.05, 3.63) is 16.7 Å². The number of fused-ring (bicyclic) bond motifs is 3. The molecule has 0 amide bonds. The van der Waals surface area contributed by atoms with Gasteiger partial charge in [0.15, 0.2) is 0 Å². The first kappa shape index (κ1) is 19.5. The molecule has 1 aromatic rings.